The molecule has 0 fully saturated rings. The molecule has 0 spiro atoms. The Morgan fingerprint density at radius 2 is 0.444 bits per heavy atom. The van der Waals surface area contributed by atoms with Crippen molar-refractivity contribution in [3.05, 3.63) is 60.8 Å². The van der Waals surface area contributed by atoms with Crippen LogP contribution in [-0.2, 0) is 28.6 Å². The molecule has 81 heavy (non-hydrogen) atoms. The van der Waals surface area contributed by atoms with E-state index in [1.54, 1.807) is 0 Å². The number of allylic oxidation sites excluding steroid dienone is 10. The molecule has 0 N–H and O–H groups in total. The highest BCUT2D eigenvalue weighted by atomic mass is 16.6. The van der Waals surface area contributed by atoms with Crippen molar-refractivity contribution >= 4 is 17.9 Å². The van der Waals surface area contributed by atoms with E-state index in [0.29, 0.717) is 19.3 Å². The highest BCUT2D eigenvalue weighted by Gasteiger charge is 2.19. The second-order valence-electron chi connectivity index (χ2n) is 24.1. The average molecular weight is 1130 g/mol. The van der Waals surface area contributed by atoms with Crippen molar-refractivity contribution in [1.29, 1.82) is 0 Å². The standard InChI is InChI=1S/C75H136O6/c1-4-7-10-13-15-17-19-21-23-25-27-29-31-33-35-37-39-41-43-45-47-49-51-53-55-57-59-62-65-68-74(77)80-71-72(70-79-73(76)67-64-61-12-9-6-3)81-75(78)69-66-63-60-58-56-54-52-50-48-46-44-42-40-38-36-34-32-30-28-26-24-22-20-18-16-14-11-8-5-2/h19-22,25-28,31,33,72H,4-18,23-24,29-30,32,34-71H2,1-3H3/b21-19-,22-20-,27-25-,28-26-,33-31-. The van der Waals surface area contributed by atoms with Gasteiger partial charge >= 0.3 is 17.9 Å². The molecule has 0 amide bonds. The zero-order chi connectivity index (χ0) is 58.5. The van der Waals surface area contributed by atoms with Gasteiger partial charge in [-0.25, -0.2) is 0 Å². The van der Waals surface area contributed by atoms with Crippen molar-refractivity contribution in [2.45, 2.75) is 386 Å². The number of unbranched alkanes of at least 4 members (excludes halogenated alkanes) is 45. The van der Waals surface area contributed by atoms with E-state index < -0.39 is 6.10 Å². The Labute approximate surface area is 504 Å². The minimum atomic E-state index is -0.770. The van der Waals surface area contributed by atoms with Crippen LogP contribution in [0.25, 0.3) is 0 Å². The van der Waals surface area contributed by atoms with Gasteiger partial charge in [0.25, 0.3) is 0 Å². The summed E-state index contributed by atoms with van der Waals surface area (Å²) in [5.41, 5.74) is 0. The summed E-state index contributed by atoms with van der Waals surface area (Å²) in [6, 6.07) is 0. The fourth-order valence-corrected chi connectivity index (χ4v) is 10.6. The van der Waals surface area contributed by atoms with E-state index in [2.05, 4.69) is 81.5 Å². The molecule has 0 bridgehead atoms. The van der Waals surface area contributed by atoms with Crippen LogP contribution in [0.4, 0.5) is 0 Å². The van der Waals surface area contributed by atoms with Gasteiger partial charge in [-0.05, 0) is 89.9 Å². The van der Waals surface area contributed by atoms with E-state index in [0.717, 1.165) is 83.5 Å². The maximum Gasteiger partial charge on any atom is 0.306 e. The van der Waals surface area contributed by atoms with Crippen LogP contribution in [0.1, 0.15) is 380 Å². The van der Waals surface area contributed by atoms with Gasteiger partial charge in [0.15, 0.2) is 6.10 Å². The highest BCUT2D eigenvalue weighted by molar-refractivity contribution is 5.71. The van der Waals surface area contributed by atoms with Crippen molar-refractivity contribution in [2.24, 2.45) is 0 Å². The lowest BCUT2D eigenvalue weighted by Gasteiger charge is -2.18. The fraction of sp³-hybridized carbons (Fsp3) is 0.827. The number of esters is 3. The molecule has 6 heteroatoms. The quantitative estimate of drug-likeness (QED) is 0.0261. The van der Waals surface area contributed by atoms with Crippen LogP contribution in [0.5, 0.6) is 0 Å². The van der Waals surface area contributed by atoms with E-state index in [1.165, 1.54) is 257 Å². The number of hydrogen-bond acceptors (Lipinski definition) is 6. The molecule has 1 unspecified atom stereocenters. The molecule has 0 aromatic carbocycles. The summed E-state index contributed by atoms with van der Waals surface area (Å²) in [7, 11) is 0. The molecular weight excluding hydrogens is 997 g/mol. The van der Waals surface area contributed by atoms with E-state index in [4.69, 9.17) is 14.2 Å². The molecule has 0 rings (SSSR count). The maximum atomic E-state index is 12.9. The van der Waals surface area contributed by atoms with Crippen molar-refractivity contribution in [1.82, 2.24) is 0 Å². The second kappa shape index (κ2) is 69.6. The normalized spacial score (nSPS) is 12.4. The van der Waals surface area contributed by atoms with E-state index in [1.807, 2.05) is 0 Å². The molecule has 0 aliphatic rings. The molecule has 0 heterocycles. The molecule has 0 aliphatic carbocycles. The van der Waals surface area contributed by atoms with E-state index in [-0.39, 0.29) is 31.1 Å². The van der Waals surface area contributed by atoms with Crippen molar-refractivity contribution < 1.29 is 28.6 Å². The number of carbonyl (C=O) groups is 3. The first-order valence-electron chi connectivity index (χ1n) is 35.8. The van der Waals surface area contributed by atoms with Crippen LogP contribution in [0, 0.1) is 0 Å². The monoisotopic (exact) mass is 1130 g/mol. The van der Waals surface area contributed by atoms with Crippen LogP contribution in [0.15, 0.2) is 60.8 Å². The van der Waals surface area contributed by atoms with Crippen LogP contribution in [0.2, 0.25) is 0 Å². The van der Waals surface area contributed by atoms with Gasteiger partial charge in [0.2, 0.25) is 0 Å². The SMILES string of the molecule is CCCCCCC/C=C\C/C=C\C/C=C\CCCCCCCCCCCCCCCCC(=O)OCC(COC(=O)CCCCCCC)OC(=O)CCCCCCCCCCCCCCCCCCC/C=C\C/C=C\CCCCCCC. The Bertz CT molecular complexity index is 1440. The lowest BCUT2D eigenvalue weighted by atomic mass is 10.0. The maximum absolute atomic E-state index is 12.9. The molecule has 472 valence electrons. The van der Waals surface area contributed by atoms with Gasteiger partial charge in [0, 0.05) is 19.3 Å². The van der Waals surface area contributed by atoms with Crippen molar-refractivity contribution in [2.75, 3.05) is 13.2 Å². The molecule has 0 saturated heterocycles. The Morgan fingerprint density at radius 3 is 0.691 bits per heavy atom. The van der Waals surface area contributed by atoms with Crippen LogP contribution < -0.4 is 0 Å². The summed E-state index contributed by atoms with van der Waals surface area (Å²) in [6.07, 6.45) is 90.2. The molecule has 6 nitrogen and oxygen atoms in total. The summed E-state index contributed by atoms with van der Waals surface area (Å²) >= 11 is 0. The predicted octanol–water partition coefficient (Wildman–Crippen LogP) is 24.7. The first-order valence-corrected chi connectivity index (χ1v) is 35.8. The lowest BCUT2D eigenvalue weighted by molar-refractivity contribution is -0.167. The Hall–Kier alpha value is -2.89. The predicted molar refractivity (Wildman–Crippen MR) is 353 cm³/mol. The molecule has 0 aliphatic heterocycles. The molecule has 0 saturated carbocycles. The number of hydrogen-bond donors (Lipinski definition) is 0. The van der Waals surface area contributed by atoms with Gasteiger partial charge in [0.05, 0.1) is 0 Å². The Morgan fingerprint density at radius 1 is 0.247 bits per heavy atom. The summed E-state index contributed by atoms with van der Waals surface area (Å²) in [6.45, 7) is 6.59. The zero-order valence-electron chi connectivity index (χ0n) is 54.3. The number of ether oxygens (including phenoxy) is 3. The first-order chi connectivity index (χ1) is 40.0. The summed E-state index contributed by atoms with van der Waals surface area (Å²) in [5.74, 6) is -0.864. The average Bonchev–Trinajstić information content (AvgIpc) is 3.47. The van der Waals surface area contributed by atoms with Gasteiger partial charge in [-0.2, -0.15) is 0 Å². The summed E-state index contributed by atoms with van der Waals surface area (Å²) in [5, 5.41) is 0. The van der Waals surface area contributed by atoms with Gasteiger partial charge < -0.3 is 14.2 Å². The van der Waals surface area contributed by atoms with Gasteiger partial charge in [0.1, 0.15) is 13.2 Å². The van der Waals surface area contributed by atoms with Crippen molar-refractivity contribution in [3.8, 4) is 0 Å². The van der Waals surface area contributed by atoms with Gasteiger partial charge in [-0.1, -0.05) is 332 Å². The van der Waals surface area contributed by atoms with Crippen LogP contribution in [0.3, 0.4) is 0 Å². The second-order valence-corrected chi connectivity index (χ2v) is 24.1. The topological polar surface area (TPSA) is 78.9 Å². The molecule has 0 radical (unpaired) electrons. The highest BCUT2D eigenvalue weighted by Crippen LogP contribution is 2.18. The molecular formula is C75H136O6. The van der Waals surface area contributed by atoms with Gasteiger partial charge in [-0.15, -0.1) is 0 Å². The minimum absolute atomic E-state index is 0.0706. The van der Waals surface area contributed by atoms with Crippen molar-refractivity contribution in [3.63, 3.8) is 0 Å². The molecule has 0 aromatic rings. The third-order valence-electron chi connectivity index (χ3n) is 16.0. The number of carbonyl (C=O) groups excluding carboxylic acids is 3. The minimum Gasteiger partial charge on any atom is -0.462 e. The molecule has 1 atom stereocenters. The largest absolute Gasteiger partial charge is 0.462 e. The third-order valence-corrected chi connectivity index (χ3v) is 16.0. The van der Waals surface area contributed by atoms with Gasteiger partial charge in [-0.3, -0.25) is 14.4 Å². The fourth-order valence-electron chi connectivity index (χ4n) is 10.6. The third kappa shape index (κ3) is 67.8. The lowest BCUT2D eigenvalue weighted by Crippen LogP contribution is -2.30. The Kier molecular flexibility index (Phi) is 67.1. The number of rotatable bonds is 66. The Balaban J connectivity index is 3.95. The van der Waals surface area contributed by atoms with Crippen LogP contribution in [-0.4, -0.2) is 37.2 Å². The summed E-state index contributed by atoms with van der Waals surface area (Å²) < 4.78 is 16.8. The smallest absolute Gasteiger partial charge is 0.306 e. The summed E-state index contributed by atoms with van der Waals surface area (Å²) in [4.78, 5) is 38.0. The van der Waals surface area contributed by atoms with Crippen LogP contribution >= 0.6 is 0 Å². The van der Waals surface area contributed by atoms with E-state index in [9.17, 15) is 14.4 Å². The first kappa shape index (κ1) is 78.1. The zero-order valence-corrected chi connectivity index (χ0v) is 54.3. The van der Waals surface area contributed by atoms with E-state index >= 15 is 0 Å². The molecule has 0 aromatic heterocycles.